The molecule has 2 aromatic carbocycles. The molecule has 0 aliphatic carbocycles. The molecule has 0 bridgehead atoms. The van der Waals surface area contributed by atoms with E-state index in [4.69, 9.17) is 9.47 Å². The minimum absolute atomic E-state index is 0.273. The van der Waals surface area contributed by atoms with Gasteiger partial charge in [0.25, 0.3) is 0 Å². The van der Waals surface area contributed by atoms with Crippen LogP contribution in [0, 0.1) is 5.82 Å². The number of rotatable bonds is 6. The summed E-state index contributed by atoms with van der Waals surface area (Å²) in [6, 6.07) is 11.4. The van der Waals surface area contributed by atoms with Crippen LogP contribution in [0.2, 0.25) is 0 Å². The molecule has 0 spiro atoms. The number of fused-ring (bicyclic) bond motifs is 1. The topological polar surface area (TPSA) is 21.7 Å². The molecule has 132 valence electrons. The van der Waals surface area contributed by atoms with Crippen molar-refractivity contribution in [2.45, 2.75) is 19.4 Å². The van der Waals surface area contributed by atoms with E-state index in [1.807, 2.05) is 6.08 Å². The summed E-state index contributed by atoms with van der Waals surface area (Å²) in [6.07, 6.45) is 5.97. The Morgan fingerprint density at radius 2 is 2.12 bits per heavy atom. The third-order valence-corrected chi connectivity index (χ3v) is 4.35. The standard InChI is InChI=1S/C21H24FNO2/c1-23(11-3-5-17-9-10-19(24-2)14-20(17)22)15-16-7-8-18-6-4-12-25-21(18)13-16/h3,5,7-10,13-14H,4,6,11-12,15H2,1-2H3. The molecular formula is C21H24FNO2. The molecular weight excluding hydrogens is 317 g/mol. The Morgan fingerprint density at radius 3 is 2.92 bits per heavy atom. The average Bonchev–Trinajstić information content (AvgIpc) is 2.63. The molecule has 1 aliphatic heterocycles. The van der Waals surface area contributed by atoms with Gasteiger partial charge in [-0.1, -0.05) is 24.3 Å². The lowest BCUT2D eigenvalue weighted by Crippen LogP contribution is -2.18. The van der Waals surface area contributed by atoms with E-state index in [9.17, 15) is 4.39 Å². The van der Waals surface area contributed by atoms with Gasteiger partial charge in [0.15, 0.2) is 0 Å². The second-order valence-electron chi connectivity index (χ2n) is 6.38. The van der Waals surface area contributed by atoms with E-state index in [-0.39, 0.29) is 5.82 Å². The summed E-state index contributed by atoms with van der Waals surface area (Å²) in [5, 5.41) is 0. The first-order chi connectivity index (χ1) is 12.2. The van der Waals surface area contributed by atoms with Gasteiger partial charge in [-0.05, 0) is 49.2 Å². The van der Waals surface area contributed by atoms with Crippen molar-refractivity contribution in [1.29, 1.82) is 0 Å². The largest absolute Gasteiger partial charge is 0.497 e. The Labute approximate surface area is 148 Å². The van der Waals surface area contributed by atoms with Crippen molar-refractivity contribution in [2.75, 3.05) is 27.3 Å². The molecule has 0 atom stereocenters. The molecule has 0 fully saturated rings. The molecule has 25 heavy (non-hydrogen) atoms. The maximum atomic E-state index is 13.9. The van der Waals surface area contributed by atoms with Crippen LogP contribution in [-0.2, 0) is 13.0 Å². The lowest BCUT2D eigenvalue weighted by Gasteiger charge is -2.20. The van der Waals surface area contributed by atoms with E-state index in [0.717, 1.165) is 38.3 Å². The minimum Gasteiger partial charge on any atom is -0.497 e. The van der Waals surface area contributed by atoms with E-state index in [2.05, 4.69) is 30.1 Å². The van der Waals surface area contributed by atoms with Crippen molar-refractivity contribution in [3.63, 3.8) is 0 Å². The molecule has 3 rings (SSSR count). The van der Waals surface area contributed by atoms with Crippen LogP contribution in [0.5, 0.6) is 11.5 Å². The van der Waals surface area contributed by atoms with E-state index in [0.29, 0.717) is 11.3 Å². The third kappa shape index (κ3) is 4.60. The molecule has 0 saturated carbocycles. The van der Waals surface area contributed by atoms with Gasteiger partial charge in [0.05, 0.1) is 13.7 Å². The summed E-state index contributed by atoms with van der Waals surface area (Å²) in [6.45, 7) is 2.37. The maximum absolute atomic E-state index is 13.9. The second-order valence-corrected chi connectivity index (χ2v) is 6.38. The molecule has 2 aromatic rings. The summed E-state index contributed by atoms with van der Waals surface area (Å²) < 4.78 is 24.7. The number of aryl methyl sites for hydroxylation is 1. The quantitative estimate of drug-likeness (QED) is 0.782. The van der Waals surface area contributed by atoms with E-state index in [1.54, 1.807) is 18.2 Å². The summed E-state index contributed by atoms with van der Waals surface area (Å²) in [5.41, 5.74) is 3.09. The predicted molar refractivity (Wildman–Crippen MR) is 98.6 cm³/mol. The number of benzene rings is 2. The predicted octanol–water partition coefficient (Wildman–Crippen LogP) is 4.30. The second kappa shape index (κ2) is 8.17. The number of nitrogens with zero attached hydrogens (tertiary/aromatic N) is 1. The van der Waals surface area contributed by atoms with Crippen molar-refractivity contribution >= 4 is 6.08 Å². The van der Waals surface area contributed by atoms with Gasteiger partial charge in [-0.2, -0.15) is 0 Å². The summed E-state index contributed by atoms with van der Waals surface area (Å²) in [5.74, 6) is 1.28. The van der Waals surface area contributed by atoms with Gasteiger partial charge in [0, 0.05) is 24.7 Å². The van der Waals surface area contributed by atoms with Crippen LogP contribution in [-0.4, -0.2) is 32.2 Å². The van der Waals surface area contributed by atoms with Crippen LogP contribution >= 0.6 is 0 Å². The van der Waals surface area contributed by atoms with Gasteiger partial charge in [-0.25, -0.2) is 4.39 Å². The molecule has 1 heterocycles. The Morgan fingerprint density at radius 1 is 1.24 bits per heavy atom. The fraction of sp³-hybridized carbons (Fsp3) is 0.333. The van der Waals surface area contributed by atoms with Gasteiger partial charge >= 0.3 is 0 Å². The van der Waals surface area contributed by atoms with Crippen molar-refractivity contribution in [3.05, 3.63) is 65.0 Å². The smallest absolute Gasteiger partial charge is 0.134 e. The molecule has 3 nitrogen and oxygen atoms in total. The zero-order chi connectivity index (χ0) is 17.6. The highest BCUT2D eigenvalue weighted by atomic mass is 19.1. The summed E-state index contributed by atoms with van der Waals surface area (Å²) in [7, 11) is 3.58. The van der Waals surface area contributed by atoms with E-state index >= 15 is 0 Å². The zero-order valence-corrected chi connectivity index (χ0v) is 14.8. The van der Waals surface area contributed by atoms with E-state index in [1.165, 1.54) is 24.3 Å². The van der Waals surface area contributed by atoms with Crippen molar-refractivity contribution in [3.8, 4) is 11.5 Å². The highest BCUT2D eigenvalue weighted by molar-refractivity contribution is 5.51. The molecule has 4 heteroatoms. The number of likely N-dealkylation sites (N-methyl/N-ethyl adjacent to an activating group) is 1. The first kappa shape index (κ1) is 17.5. The minimum atomic E-state index is -0.273. The highest BCUT2D eigenvalue weighted by Gasteiger charge is 2.11. The van der Waals surface area contributed by atoms with E-state index < -0.39 is 0 Å². The lowest BCUT2D eigenvalue weighted by molar-refractivity contribution is 0.287. The summed E-state index contributed by atoms with van der Waals surface area (Å²) in [4.78, 5) is 2.18. The zero-order valence-electron chi connectivity index (χ0n) is 14.8. The average molecular weight is 341 g/mol. The Kier molecular flexibility index (Phi) is 5.71. The van der Waals surface area contributed by atoms with Crippen LogP contribution < -0.4 is 9.47 Å². The lowest BCUT2D eigenvalue weighted by atomic mass is 10.0. The van der Waals surface area contributed by atoms with Gasteiger partial charge in [0.1, 0.15) is 17.3 Å². The first-order valence-electron chi connectivity index (χ1n) is 8.59. The fourth-order valence-electron chi connectivity index (χ4n) is 2.99. The Balaban J connectivity index is 1.56. The summed E-state index contributed by atoms with van der Waals surface area (Å²) >= 11 is 0. The van der Waals surface area contributed by atoms with Crippen molar-refractivity contribution < 1.29 is 13.9 Å². The van der Waals surface area contributed by atoms with Crippen molar-refractivity contribution in [1.82, 2.24) is 4.90 Å². The van der Waals surface area contributed by atoms with Gasteiger partial charge in [-0.3, -0.25) is 4.90 Å². The number of ether oxygens (including phenoxy) is 2. The van der Waals surface area contributed by atoms with Crippen LogP contribution in [0.15, 0.2) is 42.5 Å². The van der Waals surface area contributed by atoms with Crippen LogP contribution in [0.1, 0.15) is 23.1 Å². The normalized spacial score (nSPS) is 13.8. The first-order valence-corrected chi connectivity index (χ1v) is 8.59. The molecule has 0 radical (unpaired) electrons. The molecule has 0 amide bonds. The molecule has 0 saturated heterocycles. The third-order valence-electron chi connectivity index (χ3n) is 4.35. The molecule has 1 aliphatic rings. The fourth-order valence-corrected chi connectivity index (χ4v) is 2.99. The number of methoxy groups -OCH3 is 1. The van der Waals surface area contributed by atoms with Gasteiger partial charge in [-0.15, -0.1) is 0 Å². The number of hydrogen-bond donors (Lipinski definition) is 0. The van der Waals surface area contributed by atoms with Crippen LogP contribution in [0.4, 0.5) is 4.39 Å². The van der Waals surface area contributed by atoms with Crippen LogP contribution in [0.3, 0.4) is 0 Å². The highest BCUT2D eigenvalue weighted by Crippen LogP contribution is 2.26. The number of halogens is 1. The molecule has 0 N–H and O–H groups in total. The maximum Gasteiger partial charge on any atom is 0.134 e. The number of hydrogen-bond acceptors (Lipinski definition) is 3. The Hall–Kier alpha value is -2.33. The van der Waals surface area contributed by atoms with Crippen molar-refractivity contribution in [2.24, 2.45) is 0 Å². The monoisotopic (exact) mass is 341 g/mol. The van der Waals surface area contributed by atoms with Gasteiger partial charge in [0.2, 0.25) is 0 Å². The van der Waals surface area contributed by atoms with Crippen LogP contribution in [0.25, 0.3) is 6.08 Å². The molecule has 0 unspecified atom stereocenters. The van der Waals surface area contributed by atoms with Gasteiger partial charge < -0.3 is 9.47 Å². The molecule has 0 aromatic heterocycles. The SMILES string of the molecule is COc1ccc(C=CCN(C)Cc2ccc3c(c2)OCCC3)c(F)c1. The Bertz CT molecular complexity index is 758.